The van der Waals surface area contributed by atoms with Crippen molar-refractivity contribution in [2.24, 2.45) is 10.7 Å². The molecule has 0 aromatic heterocycles. The molecule has 2 aliphatic heterocycles. The predicted octanol–water partition coefficient (Wildman–Crippen LogP) is 0.512. The number of carbonyl (C=O) groups is 1. The molecule has 0 fully saturated rings. The highest BCUT2D eigenvalue weighted by Gasteiger charge is 2.25. The minimum atomic E-state index is -0.279. The van der Waals surface area contributed by atoms with Crippen LogP contribution in [-0.2, 0) is 4.79 Å². The molecule has 70 valence electrons. The molecule has 0 atom stereocenters. The Labute approximate surface area is 80.9 Å². The molecule has 1 amide bonds. The van der Waals surface area contributed by atoms with Crippen molar-refractivity contribution in [1.82, 2.24) is 4.90 Å². The number of rotatable bonds is 2. The standard InChI is InChI=1S/C8H11N3OS/c9-7(12)4-6-5-13-8-10-2-1-3-11(6)8/h5H,1-4H2,(H2,9,12). The van der Waals surface area contributed by atoms with Crippen LogP contribution in [0.2, 0.25) is 0 Å². The van der Waals surface area contributed by atoms with E-state index in [1.807, 2.05) is 5.41 Å². The van der Waals surface area contributed by atoms with Crippen LogP contribution in [0.1, 0.15) is 12.8 Å². The number of amides is 1. The van der Waals surface area contributed by atoms with Crippen LogP contribution >= 0.6 is 11.8 Å². The number of nitrogens with zero attached hydrogens (tertiary/aromatic N) is 2. The van der Waals surface area contributed by atoms with Crippen LogP contribution in [0.5, 0.6) is 0 Å². The fraction of sp³-hybridized carbons (Fsp3) is 0.500. The van der Waals surface area contributed by atoms with Gasteiger partial charge in [0.25, 0.3) is 0 Å². The summed E-state index contributed by atoms with van der Waals surface area (Å²) >= 11 is 1.58. The first-order valence-electron chi connectivity index (χ1n) is 4.23. The number of carbonyl (C=O) groups excluding carboxylic acids is 1. The molecule has 0 radical (unpaired) electrons. The lowest BCUT2D eigenvalue weighted by Crippen LogP contribution is -2.31. The van der Waals surface area contributed by atoms with Crippen molar-refractivity contribution < 1.29 is 4.79 Å². The predicted molar refractivity (Wildman–Crippen MR) is 53.1 cm³/mol. The fourth-order valence-electron chi connectivity index (χ4n) is 1.45. The minimum Gasteiger partial charge on any atom is -0.369 e. The molecule has 0 bridgehead atoms. The third-order valence-electron chi connectivity index (χ3n) is 2.02. The number of hydrogen-bond acceptors (Lipinski definition) is 4. The average Bonchev–Trinajstić information content (AvgIpc) is 2.48. The summed E-state index contributed by atoms with van der Waals surface area (Å²) in [5, 5.41) is 2.98. The Bertz CT molecular complexity index is 298. The Morgan fingerprint density at radius 1 is 1.77 bits per heavy atom. The summed E-state index contributed by atoms with van der Waals surface area (Å²) in [4.78, 5) is 17.2. The number of primary amides is 1. The summed E-state index contributed by atoms with van der Waals surface area (Å²) in [7, 11) is 0. The highest BCUT2D eigenvalue weighted by atomic mass is 32.2. The van der Waals surface area contributed by atoms with Crippen molar-refractivity contribution in [3.05, 3.63) is 11.1 Å². The molecule has 13 heavy (non-hydrogen) atoms. The van der Waals surface area contributed by atoms with Gasteiger partial charge < -0.3 is 10.6 Å². The Morgan fingerprint density at radius 3 is 3.38 bits per heavy atom. The van der Waals surface area contributed by atoms with Gasteiger partial charge in [0.2, 0.25) is 5.91 Å². The van der Waals surface area contributed by atoms with Gasteiger partial charge in [-0.15, -0.1) is 0 Å². The third kappa shape index (κ3) is 1.70. The summed E-state index contributed by atoms with van der Waals surface area (Å²) < 4.78 is 0. The second kappa shape index (κ2) is 3.41. The smallest absolute Gasteiger partial charge is 0.223 e. The van der Waals surface area contributed by atoms with Gasteiger partial charge in [-0.3, -0.25) is 9.79 Å². The van der Waals surface area contributed by atoms with E-state index in [0.717, 1.165) is 30.4 Å². The number of hydrogen-bond donors (Lipinski definition) is 1. The minimum absolute atomic E-state index is 0.279. The Kier molecular flexibility index (Phi) is 2.26. The Hall–Kier alpha value is -0.970. The zero-order valence-electron chi connectivity index (χ0n) is 7.19. The van der Waals surface area contributed by atoms with Crippen LogP contribution < -0.4 is 5.73 Å². The van der Waals surface area contributed by atoms with E-state index in [0.29, 0.717) is 6.42 Å². The molecule has 2 aliphatic rings. The highest BCUT2D eigenvalue weighted by molar-refractivity contribution is 8.16. The van der Waals surface area contributed by atoms with Crippen molar-refractivity contribution in [2.75, 3.05) is 13.1 Å². The molecule has 5 heteroatoms. The quantitative estimate of drug-likeness (QED) is 0.701. The summed E-state index contributed by atoms with van der Waals surface area (Å²) in [6, 6.07) is 0. The van der Waals surface area contributed by atoms with Crippen LogP contribution in [0.3, 0.4) is 0 Å². The van der Waals surface area contributed by atoms with Gasteiger partial charge >= 0.3 is 0 Å². The SMILES string of the molecule is NC(=O)CC1=CSC2=NCCCN12. The molecule has 0 aliphatic carbocycles. The van der Waals surface area contributed by atoms with E-state index in [1.54, 1.807) is 11.8 Å². The molecule has 4 nitrogen and oxygen atoms in total. The van der Waals surface area contributed by atoms with Crippen molar-refractivity contribution in [1.29, 1.82) is 0 Å². The average molecular weight is 197 g/mol. The van der Waals surface area contributed by atoms with E-state index in [9.17, 15) is 4.79 Å². The molecule has 2 N–H and O–H groups in total. The van der Waals surface area contributed by atoms with Crippen LogP contribution in [0.4, 0.5) is 0 Å². The number of fused-ring (bicyclic) bond motifs is 1. The zero-order valence-corrected chi connectivity index (χ0v) is 8.01. The van der Waals surface area contributed by atoms with E-state index in [1.165, 1.54) is 0 Å². The highest BCUT2D eigenvalue weighted by Crippen LogP contribution is 2.30. The molecule has 2 rings (SSSR count). The van der Waals surface area contributed by atoms with Gasteiger partial charge in [-0.25, -0.2) is 0 Å². The normalized spacial score (nSPS) is 20.8. The third-order valence-corrected chi connectivity index (χ3v) is 2.97. The van der Waals surface area contributed by atoms with Crippen molar-refractivity contribution in [2.45, 2.75) is 12.8 Å². The van der Waals surface area contributed by atoms with Gasteiger partial charge in [0.05, 0.1) is 6.42 Å². The summed E-state index contributed by atoms with van der Waals surface area (Å²) in [5.74, 6) is -0.279. The zero-order chi connectivity index (χ0) is 9.26. The fourth-order valence-corrected chi connectivity index (χ4v) is 2.41. The maximum absolute atomic E-state index is 10.7. The maximum Gasteiger partial charge on any atom is 0.223 e. The molecular weight excluding hydrogens is 186 g/mol. The number of amidine groups is 1. The molecule has 0 aromatic carbocycles. The van der Waals surface area contributed by atoms with Crippen LogP contribution in [0.15, 0.2) is 16.1 Å². The molecule has 0 saturated heterocycles. The Balaban J connectivity index is 2.10. The van der Waals surface area contributed by atoms with Gasteiger partial charge in [0.15, 0.2) is 5.17 Å². The molecule has 0 aromatic rings. The van der Waals surface area contributed by atoms with E-state index in [4.69, 9.17) is 5.73 Å². The van der Waals surface area contributed by atoms with E-state index >= 15 is 0 Å². The summed E-state index contributed by atoms with van der Waals surface area (Å²) in [6.45, 7) is 1.86. The molecule has 2 heterocycles. The topological polar surface area (TPSA) is 58.7 Å². The lowest BCUT2D eigenvalue weighted by molar-refractivity contribution is -0.117. The van der Waals surface area contributed by atoms with Crippen molar-refractivity contribution in [3.8, 4) is 0 Å². The van der Waals surface area contributed by atoms with Gasteiger partial charge in [0, 0.05) is 18.8 Å². The van der Waals surface area contributed by atoms with Crippen LogP contribution in [0.25, 0.3) is 0 Å². The van der Waals surface area contributed by atoms with Gasteiger partial charge in [-0.1, -0.05) is 11.8 Å². The van der Waals surface area contributed by atoms with Gasteiger partial charge in [0.1, 0.15) is 0 Å². The first-order valence-corrected chi connectivity index (χ1v) is 5.11. The first kappa shape index (κ1) is 8.62. The van der Waals surface area contributed by atoms with Crippen LogP contribution in [0, 0.1) is 0 Å². The van der Waals surface area contributed by atoms with Crippen LogP contribution in [-0.4, -0.2) is 29.1 Å². The van der Waals surface area contributed by atoms with Crippen molar-refractivity contribution >= 4 is 22.8 Å². The maximum atomic E-state index is 10.7. The van der Waals surface area contributed by atoms with Gasteiger partial charge in [-0.2, -0.15) is 0 Å². The van der Waals surface area contributed by atoms with Crippen molar-refractivity contribution in [3.63, 3.8) is 0 Å². The van der Waals surface area contributed by atoms with E-state index in [-0.39, 0.29) is 5.91 Å². The molecular formula is C8H11N3OS. The van der Waals surface area contributed by atoms with E-state index < -0.39 is 0 Å². The molecule has 0 spiro atoms. The summed E-state index contributed by atoms with van der Waals surface area (Å²) in [6.07, 6.45) is 1.38. The number of thioether (sulfide) groups is 1. The lowest BCUT2D eigenvalue weighted by atomic mass is 10.2. The van der Waals surface area contributed by atoms with E-state index in [2.05, 4.69) is 9.89 Å². The lowest BCUT2D eigenvalue weighted by Gasteiger charge is -2.24. The second-order valence-corrected chi connectivity index (χ2v) is 3.88. The first-order chi connectivity index (χ1) is 6.27. The van der Waals surface area contributed by atoms with Gasteiger partial charge in [-0.05, 0) is 11.8 Å². The summed E-state index contributed by atoms with van der Waals surface area (Å²) in [5.41, 5.74) is 6.13. The largest absolute Gasteiger partial charge is 0.369 e. The number of nitrogens with two attached hydrogens (primary N) is 1. The molecule has 0 saturated carbocycles. The monoisotopic (exact) mass is 197 g/mol. The molecule has 0 unspecified atom stereocenters. The Morgan fingerprint density at radius 2 is 2.62 bits per heavy atom. The second-order valence-electron chi connectivity index (χ2n) is 3.04. The number of aliphatic imine (C=N–C) groups is 1.